The molecular formula is C20H16F6N2. The van der Waals surface area contributed by atoms with Crippen molar-refractivity contribution in [2.75, 3.05) is 18.0 Å². The topological polar surface area (TPSA) is 8.17 Å². The molecule has 2 heterocycles. The molecule has 0 N–H and O–H groups in total. The highest BCUT2D eigenvalue weighted by Crippen LogP contribution is 2.40. The molecule has 0 radical (unpaired) electrons. The highest BCUT2D eigenvalue weighted by molar-refractivity contribution is 5.97. The zero-order valence-corrected chi connectivity index (χ0v) is 14.8. The Morgan fingerprint density at radius 2 is 1.50 bits per heavy atom. The molecule has 1 aliphatic heterocycles. The predicted molar refractivity (Wildman–Crippen MR) is 95.2 cm³/mol. The van der Waals surface area contributed by atoms with Gasteiger partial charge in [-0.15, -0.1) is 0 Å². The summed E-state index contributed by atoms with van der Waals surface area (Å²) in [5.41, 5.74) is 0.0304. The lowest BCUT2D eigenvalue weighted by molar-refractivity contribution is -0.138. The van der Waals surface area contributed by atoms with E-state index < -0.39 is 23.5 Å². The summed E-state index contributed by atoms with van der Waals surface area (Å²) < 4.78 is 80.7. The predicted octanol–water partition coefficient (Wildman–Crippen LogP) is 6.09. The summed E-state index contributed by atoms with van der Waals surface area (Å²) in [6, 6.07) is 7.13. The Morgan fingerprint density at radius 1 is 0.821 bits per heavy atom. The third-order valence-corrected chi connectivity index (χ3v) is 5.10. The van der Waals surface area contributed by atoms with Crippen LogP contribution in [0.1, 0.15) is 17.5 Å². The van der Waals surface area contributed by atoms with Gasteiger partial charge in [-0.05, 0) is 42.3 Å². The molecule has 0 bridgehead atoms. The van der Waals surface area contributed by atoms with E-state index in [-0.39, 0.29) is 0 Å². The number of anilines is 1. The summed E-state index contributed by atoms with van der Waals surface area (Å²) in [7, 11) is 1.58. The lowest BCUT2D eigenvalue weighted by atomic mass is 9.99. The fourth-order valence-electron chi connectivity index (χ4n) is 3.48. The van der Waals surface area contributed by atoms with Gasteiger partial charge in [0.25, 0.3) is 0 Å². The van der Waals surface area contributed by atoms with Crippen LogP contribution < -0.4 is 4.90 Å². The lowest BCUT2D eigenvalue weighted by Gasteiger charge is -2.34. The van der Waals surface area contributed by atoms with Crippen molar-refractivity contribution in [3.05, 3.63) is 53.7 Å². The van der Waals surface area contributed by atoms with Gasteiger partial charge in [0.2, 0.25) is 0 Å². The van der Waals surface area contributed by atoms with Crippen LogP contribution in [0.15, 0.2) is 42.6 Å². The van der Waals surface area contributed by atoms with E-state index in [1.165, 1.54) is 10.6 Å². The second-order valence-electron chi connectivity index (χ2n) is 6.99. The van der Waals surface area contributed by atoms with E-state index >= 15 is 0 Å². The van der Waals surface area contributed by atoms with Crippen molar-refractivity contribution < 1.29 is 26.3 Å². The van der Waals surface area contributed by atoms with Crippen molar-refractivity contribution >= 4 is 16.6 Å². The first-order chi connectivity index (χ1) is 13.0. The number of fused-ring (bicyclic) bond motifs is 1. The molecule has 2 aromatic carbocycles. The minimum atomic E-state index is -4.51. The van der Waals surface area contributed by atoms with Crippen LogP contribution in [0.2, 0.25) is 0 Å². The molecule has 1 aliphatic rings. The minimum Gasteiger partial charge on any atom is -0.371 e. The molecule has 0 unspecified atom stereocenters. The lowest BCUT2D eigenvalue weighted by Crippen LogP contribution is -2.37. The van der Waals surface area contributed by atoms with Gasteiger partial charge in [-0.25, -0.2) is 0 Å². The minimum absolute atomic E-state index is 0.313. The number of hydrogen-bond donors (Lipinski definition) is 0. The maximum absolute atomic E-state index is 13.4. The van der Waals surface area contributed by atoms with E-state index in [1.54, 1.807) is 19.3 Å². The van der Waals surface area contributed by atoms with E-state index in [4.69, 9.17) is 0 Å². The standard InChI is InChI=1S/C20H16F6N2/c1-27-11-17(16-4-3-13(10-18(16)27)19(21,22)23)12-7-14(20(24,25)26)9-15(8-12)28-5-2-6-28/h3-4,7-11H,2,5-6H2,1H3. The molecule has 3 aromatic rings. The Labute approximate surface area is 157 Å². The van der Waals surface area contributed by atoms with Crippen LogP contribution in [0.3, 0.4) is 0 Å². The molecule has 0 spiro atoms. The van der Waals surface area contributed by atoms with Gasteiger partial charge in [0.05, 0.1) is 11.1 Å². The largest absolute Gasteiger partial charge is 0.416 e. The van der Waals surface area contributed by atoms with E-state index in [9.17, 15) is 26.3 Å². The van der Waals surface area contributed by atoms with Crippen LogP contribution in [-0.2, 0) is 19.4 Å². The Morgan fingerprint density at radius 3 is 2.07 bits per heavy atom. The van der Waals surface area contributed by atoms with Crippen molar-refractivity contribution in [3.63, 3.8) is 0 Å². The van der Waals surface area contributed by atoms with E-state index in [0.717, 1.165) is 30.7 Å². The zero-order chi connectivity index (χ0) is 20.3. The maximum atomic E-state index is 13.4. The van der Waals surface area contributed by atoms with E-state index in [2.05, 4.69) is 0 Å². The van der Waals surface area contributed by atoms with Gasteiger partial charge in [0, 0.05) is 48.5 Å². The summed E-state index contributed by atoms with van der Waals surface area (Å²) in [6.07, 6.45) is -6.51. The van der Waals surface area contributed by atoms with Gasteiger partial charge in [-0.2, -0.15) is 26.3 Å². The van der Waals surface area contributed by atoms with Crippen molar-refractivity contribution in [3.8, 4) is 11.1 Å². The summed E-state index contributed by atoms with van der Waals surface area (Å²) in [5.74, 6) is 0. The van der Waals surface area contributed by atoms with Gasteiger partial charge >= 0.3 is 12.4 Å². The quantitative estimate of drug-likeness (QED) is 0.474. The molecular weight excluding hydrogens is 382 g/mol. The number of hydrogen-bond acceptors (Lipinski definition) is 1. The molecule has 0 saturated carbocycles. The second kappa shape index (κ2) is 6.18. The summed E-state index contributed by atoms with van der Waals surface area (Å²) in [5, 5.41) is 0.476. The van der Waals surface area contributed by atoms with Crippen LogP contribution in [0.5, 0.6) is 0 Å². The fraction of sp³-hybridized carbons (Fsp3) is 0.300. The molecule has 0 aliphatic carbocycles. The SMILES string of the molecule is Cn1cc(-c2cc(N3CCC3)cc(C(F)(F)F)c2)c2ccc(C(F)(F)F)cc21. The summed E-state index contributed by atoms with van der Waals surface area (Å²) in [6.45, 7) is 1.37. The highest BCUT2D eigenvalue weighted by atomic mass is 19.4. The number of alkyl halides is 6. The van der Waals surface area contributed by atoms with E-state index in [1.807, 2.05) is 4.90 Å². The Bertz CT molecular complexity index is 1040. The Kier molecular flexibility index (Phi) is 4.13. The monoisotopic (exact) mass is 398 g/mol. The normalized spacial score (nSPS) is 15.2. The maximum Gasteiger partial charge on any atom is 0.416 e. The number of benzene rings is 2. The second-order valence-corrected chi connectivity index (χ2v) is 6.99. The first-order valence-electron chi connectivity index (χ1n) is 8.68. The smallest absolute Gasteiger partial charge is 0.371 e. The van der Waals surface area contributed by atoms with Crippen LogP contribution in [0.25, 0.3) is 22.0 Å². The molecule has 4 rings (SSSR count). The van der Waals surface area contributed by atoms with Gasteiger partial charge in [-0.3, -0.25) is 0 Å². The molecule has 8 heteroatoms. The Balaban J connectivity index is 1.90. The van der Waals surface area contributed by atoms with Crippen LogP contribution >= 0.6 is 0 Å². The third-order valence-electron chi connectivity index (χ3n) is 5.10. The first-order valence-corrected chi connectivity index (χ1v) is 8.68. The molecule has 2 nitrogen and oxygen atoms in total. The number of nitrogens with zero attached hydrogens (tertiary/aromatic N) is 2. The van der Waals surface area contributed by atoms with Crippen molar-refractivity contribution in [2.24, 2.45) is 7.05 Å². The fourth-order valence-corrected chi connectivity index (χ4v) is 3.48. The molecule has 148 valence electrons. The molecule has 1 aromatic heterocycles. The molecule has 28 heavy (non-hydrogen) atoms. The molecule has 1 fully saturated rings. The third kappa shape index (κ3) is 3.21. The molecule has 0 atom stereocenters. The summed E-state index contributed by atoms with van der Waals surface area (Å²) in [4.78, 5) is 1.85. The van der Waals surface area contributed by atoms with Crippen molar-refractivity contribution in [1.29, 1.82) is 0 Å². The van der Waals surface area contributed by atoms with Gasteiger partial charge in [0.1, 0.15) is 0 Å². The number of aromatic nitrogens is 1. The zero-order valence-electron chi connectivity index (χ0n) is 14.8. The number of halogens is 6. The van der Waals surface area contributed by atoms with E-state index in [0.29, 0.717) is 40.8 Å². The highest BCUT2D eigenvalue weighted by Gasteiger charge is 2.33. The number of aryl methyl sites for hydroxylation is 1. The van der Waals surface area contributed by atoms with Crippen molar-refractivity contribution in [1.82, 2.24) is 4.57 Å². The van der Waals surface area contributed by atoms with Crippen molar-refractivity contribution in [2.45, 2.75) is 18.8 Å². The average Bonchev–Trinajstić information content (AvgIpc) is 2.88. The van der Waals surface area contributed by atoms with Gasteiger partial charge in [0.15, 0.2) is 0 Å². The van der Waals surface area contributed by atoms with Crippen LogP contribution in [0.4, 0.5) is 32.0 Å². The average molecular weight is 398 g/mol. The molecule has 0 amide bonds. The van der Waals surface area contributed by atoms with Gasteiger partial charge < -0.3 is 9.47 Å². The van der Waals surface area contributed by atoms with Crippen LogP contribution in [0, 0.1) is 0 Å². The summed E-state index contributed by atoms with van der Waals surface area (Å²) >= 11 is 0. The van der Waals surface area contributed by atoms with Gasteiger partial charge in [-0.1, -0.05) is 6.07 Å². The van der Waals surface area contributed by atoms with Crippen LogP contribution in [-0.4, -0.2) is 17.7 Å². The molecule has 1 saturated heterocycles. The Hall–Kier alpha value is -2.64. The number of rotatable bonds is 2. The first kappa shape index (κ1) is 18.7.